The fourth-order valence-corrected chi connectivity index (χ4v) is 1.39. The summed E-state index contributed by atoms with van der Waals surface area (Å²) in [5, 5.41) is 6.52. The molecule has 0 aromatic rings. The average Bonchev–Trinajstić information content (AvgIpc) is 3.09. The summed E-state index contributed by atoms with van der Waals surface area (Å²) < 4.78 is 5.57. The van der Waals surface area contributed by atoms with Crippen LogP contribution in [-0.4, -0.2) is 38.8 Å². The summed E-state index contributed by atoms with van der Waals surface area (Å²) in [6.45, 7) is 10.7. The number of ether oxygens (including phenoxy) is 1. The molecule has 1 fully saturated rings. The van der Waals surface area contributed by atoms with Crippen molar-refractivity contribution >= 4 is 5.96 Å². The lowest BCUT2D eigenvalue weighted by Crippen LogP contribution is -2.39. The van der Waals surface area contributed by atoms with E-state index in [1.165, 1.54) is 12.8 Å². The first-order valence-electron chi connectivity index (χ1n) is 6.82. The van der Waals surface area contributed by atoms with Gasteiger partial charge in [0.15, 0.2) is 5.96 Å². The van der Waals surface area contributed by atoms with E-state index in [-0.39, 0.29) is 0 Å². The van der Waals surface area contributed by atoms with E-state index in [0.717, 1.165) is 44.7 Å². The highest BCUT2D eigenvalue weighted by molar-refractivity contribution is 5.79. The molecule has 4 heteroatoms. The second kappa shape index (κ2) is 8.34. The number of nitrogens with zero attached hydrogens (tertiary/aromatic N) is 1. The molecule has 0 amide bonds. The molecule has 4 nitrogen and oxygen atoms in total. The van der Waals surface area contributed by atoms with Gasteiger partial charge >= 0.3 is 0 Å². The Morgan fingerprint density at radius 1 is 1.35 bits per heavy atom. The first-order valence-corrected chi connectivity index (χ1v) is 6.82. The first kappa shape index (κ1) is 14.3. The highest BCUT2D eigenvalue weighted by Gasteiger charge is 2.20. The van der Waals surface area contributed by atoms with Crippen molar-refractivity contribution in [2.75, 3.05) is 32.8 Å². The Morgan fingerprint density at radius 3 is 2.71 bits per heavy atom. The predicted octanol–water partition coefficient (Wildman–Crippen LogP) is 1.62. The minimum Gasteiger partial charge on any atom is -0.379 e. The topological polar surface area (TPSA) is 45.7 Å². The third-order valence-electron chi connectivity index (χ3n) is 2.55. The number of aliphatic imine (C=N–C) groups is 1. The van der Waals surface area contributed by atoms with Gasteiger partial charge in [-0.05, 0) is 31.6 Å². The van der Waals surface area contributed by atoms with E-state index in [9.17, 15) is 0 Å². The fraction of sp³-hybridized carbons (Fsp3) is 0.923. The molecule has 1 saturated carbocycles. The maximum atomic E-state index is 5.57. The van der Waals surface area contributed by atoms with Crippen LogP contribution in [0.4, 0.5) is 0 Å². The van der Waals surface area contributed by atoms with Gasteiger partial charge in [0, 0.05) is 26.2 Å². The Morgan fingerprint density at radius 2 is 2.12 bits per heavy atom. The van der Waals surface area contributed by atoms with Crippen molar-refractivity contribution in [3.8, 4) is 0 Å². The summed E-state index contributed by atoms with van der Waals surface area (Å²) in [4.78, 5) is 4.50. The fourth-order valence-electron chi connectivity index (χ4n) is 1.39. The molecule has 17 heavy (non-hydrogen) atoms. The summed E-state index contributed by atoms with van der Waals surface area (Å²) in [7, 11) is 0. The zero-order valence-electron chi connectivity index (χ0n) is 11.5. The van der Waals surface area contributed by atoms with Gasteiger partial charge in [0.1, 0.15) is 0 Å². The predicted molar refractivity (Wildman–Crippen MR) is 72.4 cm³/mol. The number of guanidine groups is 1. The molecule has 2 N–H and O–H groups in total. The molecule has 0 atom stereocenters. The number of nitrogens with one attached hydrogen (secondary N) is 2. The van der Waals surface area contributed by atoms with Gasteiger partial charge in [0.2, 0.25) is 0 Å². The van der Waals surface area contributed by atoms with Crippen LogP contribution in [-0.2, 0) is 4.74 Å². The molecule has 1 rings (SSSR count). The van der Waals surface area contributed by atoms with Gasteiger partial charge in [-0.1, -0.05) is 13.8 Å². The van der Waals surface area contributed by atoms with Gasteiger partial charge in [-0.3, -0.25) is 4.99 Å². The summed E-state index contributed by atoms with van der Waals surface area (Å²) >= 11 is 0. The Hall–Kier alpha value is -0.770. The molecule has 0 aliphatic heterocycles. The van der Waals surface area contributed by atoms with Crippen molar-refractivity contribution in [2.45, 2.75) is 33.6 Å². The quantitative estimate of drug-likeness (QED) is 0.386. The van der Waals surface area contributed by atoms with E-state index in [2.05, 4.69) is 36.4 Å². The van der Waals surface area contributed by atoms with Gasteiger partial charge in [-0.15, -0.1) is 0 Å². The smallest absolute Gasteiger partial charge is 0.191 e. The molecule has 0 aromatic heterocycles. The van der Waals surface area contributed by atoms with Crippen LogP contribution in [0.15, 0.2) is 4.99 Å². The van der Waals surface area contributed by atoms with Crippen LogP contribution >= 0.6 is 0 Å². The van der Waals surface area contributed by atoms with Crippen LogP contribution in [0.3, 0.4) is 0 Å². The SMILES string of the molecule is CCNC(=NCC(C)C)NCCOCC1CC1. The lowest BCUT2D eigenvalue weighted by atomic mass is 10.2. The standard InChI is InChI=1S/C13H27N3O/c1-4-14-13(16-9-11(2)3)15-7-8-17-10-12-5-6-12/h11-12H,4-10H2,1-3H3,(H2,14,15,16). The minimum absolute atomic E-state index is 0.594. The van der Waals surface area contributed by atoms with Crippen molar-refractivity contribution in [3.05, 3.63) is 0 Å². The zero-order valence-corrected chi connectivity index (χ0v) is 11.5. The van der Waals surface area contributed by atoms with E-state index in [0.29, 0.717) is 5.92 Å². The van der Waals surface area contributed by atoms with E-state index in [1.54, 1.807) is 0 Å². The highest BCUT2D eigenvalue weighted by Crippen LogP contribution is 2.28. The largest absolute Gasteiger partial charge is 0.379 e. The van der Waals surface area contributed by atoms with Crippen LogP contribution in [0.1, 0.15) is 33.6 Å². The lowest BCUT2D eigenvalue weighted by Gasteiger charge is -2.12. The molecule has 0 saturated heterocycles. The molecule has 1 aliphatic carbocycles. The summed E-state index contributed by atoms with van der Waals surface area (Å²) in [5.41, 5.74) is 0. The van der Waals surface area contributed by atoms with Crippen LogP contribution in [0.5, 0.6) is 0 Å². The maximum Gasteiger partial charge on any atom is 0.191 e. The van der Waals surface area contributed by atoms with Crippen LogP contribution in [0.25, 0.3) is 0 Å². The normalized spacial score (nSPS) is 16.4. The minimum atomic E-state index is 0.594. The van der Waals surface area contributed by atoms with Crippen molar-refractivity contribution in [1.29, 1.82) is 0 Å². The Bertz CT molecular complexity index is 225. The van der Waals surface area contributed by atoms with E-state index >= 15 is 0 Å². The summed E-state index contributed by atoms with van der Waals surface area (Å²) in [6.07, 6.45) is 2.71. The zero-order chi connectivity index (χ0) is 12.5. The third kappa shape index (κ3) is 8.02. The molecular formula is C13H27N3O. The van der Waals surface area contributed by atoms with Crippen LogP contribution in [0.2, 0.25) is 0 Å². The van der Waals surface area contributed by atoms with Gasteiger partial charge in [-0.25, -0.2) is 0 Å². The van der Waals surface area contributed by atoms with Crippen LogP contribution < -0.4 is 10.6 Å². The number of rotatable bonds is 8. The molecule has 1 aliphatic rings. The molecule has 0 bridgehead atoms. The van der Waals surface area contributed by atoms with Crippen molar-refractivity contribution < 1.29 is 4.74 Å². The molecule has 0 radical (unpaired) electrons. The van der Waals surface area contributed by atoms with Crippen molar-refractivity contribution in [1.82, 2.24) is 10.6 Å². The van der Waals surface area contributed by atoms with Crippen molar-refractivity contribution in [3.63, 3.8) is 0 Å². The Kier molecular flexibility index (Phi) is 7.01. The maximum absolute atomic E-state index is 5.57. The molecule has 100 valence electrons. The summed E-state index contributed by atoms with van der Waals surface area (Å²) in [6, 6.07) is 0. The molecule has 0 heterocycles. The lowest BCUT2D eigenvalue weighted by molar-refractivity contribution is 0.129. The molecule has 0 spiro atoms. The van der Waals surface area contributed by atoms with E-state index in [1.807, 2.05) is 0 Å². The molecular weight excluding hydrogens is 214 g/mol. The van der Waals surface area contributed by atoms with Gasteiger partial charge in [-0.2, -0.15) is 0 Å². The molecule has 0 unspecified atom stereocenters. The average molecular weight is 241 g/mol. The van der Waals surface area contributed by atoms with E-state index in [4.69, 9.17) is 4.74 Å². The Labute approximate surface area is 105 Å². The second-order valence-corrected chi connectivity index (χ2v) is 5.06. The van der Waals surface area contributed by atoms with Gasteiger partial charge in [0.05, 0.1) is 6.61 Å². The van der Waals surface area contributed by atoms with Crippen LogP contribution in [0, 0.1) is 11.8 Å². The summed E-state index contributed by atoms with van der Waals surface area (Å²) in [5.74, 6) is 2.34. The first-order chi connectivity index (χ1) is 8.22. The van der Waals surface area contributed by atoms with Gasteiger partial charge < -0.3 is 15.4 Å². The van der Waals surface area contributed by atoms with E-state index < -0.39 is 0 Å². The number of hydrogen-bond donors (Lipinski definition) is 2. The third-order valence-corrected chi connectivity index (χ3v) is 2.55. The van der Waals surface area contributed by atoms with Gasteiger partial charge in [0.25, 0.3) is 0 Å². The second-order valence-electron chi connectivity index (χ2n) is 5.06. The molecule has 0 aromatic carbocycles. The Balaban J connectivity index is 2.06. The monoisotopic (exact) mass is 241 g/mol. The van der Waals surface area contributed by atoms with Crippen molar-refractivity contribution in [2.24, 2.45) is 16.8 Å². The highest BCUT2D eigenvalue weighted by atomic mass is 16.5. The number of hydrogen-bond acceptors (Lipinski definition) is 2.